The fourth-order valence-electron chi connectivity index (χ4n) is 3.87. The highest BCUT2D eigenvalue weighted by molar-refractivity contribution is 5.86. The first-order valence-electron chi connectivity index (χ1n) is 10.4. The summed E-state index contributed by atoms with van der Waals surface area (Å²) in [7, 11) is 0. The van der Waals surface area contributed by atoms with E-state index in [1.165, 1.54) is 27.6 Å². The summed E-state index contributed by atoms with van der Waals surface area (Å²) in [6.45, 7) is 10.3. The number of nitrogens with zero attached hydrogens (tertiary/aromatic N) is 1. The largest absolute Gasteiger partial charge is 0.356 e. The predicted octanol–water partition coefficient (Wildman–Crippen LogP) is 5.65. The fraction of sp³-hybridized carbons (Fsp3) is 0.400. The van der Waals surface area contributed by atoms with Crippen LogP contribution in [0.2, 0.25) is 0 Å². The number of nitrogens with one attached hydrogen (secondary N) is 1. The summed E-state index contributed by atoms with van der Waals surface area (Å²) in [5.74, 6) is 0.771. The van der Waals surface area contributed by atoms with E-state index in [-0.39, 0.29) is 11.8 Å². The molecule has 3 nitrogen and oxygen atoms in total. The Morgan fingerprint density at radius 2 is 1.89 bits per heavy atom. The molecule has 0 saturated carbocycles. The van der Waals surface area contributed by atoms with Crippen LogP contribution >= 0.6 is 0 Å². The first kappa shape index (κ1) is 20.2. The number of aromatic nitrogens is 1. The summed E-state index contributed by atoms with van der Waals surface area (Å²) in [5, 5.41) is 4.36. The Hall–Kier alpha value is -2.55. The van der Waals surface area contributed by atoms with Gasteiger partial charge in [0.2, 0.25) is 5.91 Å². The van der Waals surface area contributed by atoms with Gasteiger partial charge >= 0.3 is 0 Å². The average molecular weight is 377 g/mol. The molecule has 2 aromatic carbocycles. The zero-order valence-corrected chi connectivity index (χ0v) is 17.5. The Balaban J connectivity index is 1.97. The number of carbonyl (C=O) groups excluding carboxylic acids is 1. The Labute approximate surface area is 168 Å². The summed E-state index contributed by atoms with van der Waals surface area (Å²) in [6.07, 6.45) is 3.72. The predicted molar refractivity (Wildman–Crippen MR) is 118 cm³/mol. The average Bonchev–Trinajstić information content (AvgIpc) is 3.04. The van der Waals surface area contributed by atoms with Gasteiger partial charge in [0.15, 0.2) is 0 Å². The van der Waals surface area contributed by atoms with Gasteiger partial charge in [-0.3, -0.25) is 4.79 Å². The molecule has 0 saturated heterocycles. The van der Waals surface area contributed by atoms with Crippen LogP contribution in [-0.4, -0.2) is 17.0 Å². The van der Waals surface area contributed by atoms with E-state index in [4.69, 9.17) is 0 Å². The molecule has 1 atom stereocenters. The van der Waals surface area contributed by atoms with Crippen molar-refractivity contribution in [2.45, 2.75) is 53.0 Å². The number of benzene rings is 2. The summed E-state index contributed by atoms with van der Waals surface area (Å²) < 4.78 is 2.28. The van der Waals surface area contributed by atoms with Crippen LogP contribution in [0, 0.1) is 12.8 Å². The molecule has 1 N–H and O–H groups in total. The standard InChI is InChI=1S/C25H32N2O/c1-5-27-17-23(21-11-6-7-12-24(21)27)22(20-10-8-9-19(4)15-20)16-25(28)26-14-13-18(2)3/h6-12,15,17-18,22H,5,13-14,16H2,1-4H3,(H,26,28). The van der Waals surface area contributed by atoms with Crippen molar-refractivity contribution < 1.29 is 4.79 Å². The first-order chi connectivity index (χ1) is 13.5. The number of para-hydroxylation sites is 1. The van der Waals surface area contributed by atoms with Gasteiger partial charge in [-0.25, -0.2) is 0 Å². The maximum absolute atomic E-state index is 12.8. The van der Waals surface area contributed by atoms with Crippen LogP contribution < -0.4 is 5.32 Å². The molecule has 3 rings (SSSR count). The SMILES string of the molecule is CCn1cc(C(CC(=O)NCCC(C)C)c2cccc(C)c2)c2ccccc21. The third kappa shape index (κ3) is 4.64. The van der Waals surface area contributed by atoms with Gasteiger partial charge in [0.05, 0.1) is 0 Å². The summed E-state index contributed by atoms with van der Waals surface area (Å²) in [6, 6.07) is 17.1. The van der Waals surface area contributed by atoms with Crippen LogP contribution in [-0.2, 0) is 11.3 Å². The van der Waals surface area contributed by atoms with Gasteiger partial charge in [-0.05, 0) is 43.4 Å². The van der Waals surface area contributed by atoms with Crippen LogP contribution in [0.3, 0.4) is 0 Å². The van der Waals surface area contributed by atoms with Crippen molar-refractivity contribution in [3.63, 3.8) is 0 Å². The Morgan fingerprint density at radius 3 is 2.61 bits per heavy atom. The Kier molecular flexibility index (Phi) is 6.56. The van der Waals surface area contributed by atoms with Crippen LogP contribution in [0.25, 0.3) is 10.9 Å². The minimum absolute atomic E-state index is 0.0525. The van der Waals surface area contributed by atoms with Crippen molar-refractivity contribution in [3.05, 3.63) is 71.4 Å². The molecule has 0 spiro atoms. The summed E-state index contributed by atoms with van der Waals surface area (Å²) in [5.41, 5.74) is 4.90. The van der Waals surface area contributed by atoms with E-state index in [1.807, 2.05) is 0 Å². The molecule has 0 aliphatic carbocycles. The summed E-state index contributed by atoms with van der Waals surface area (Å²) in [4.78, 5) is 12.8. The second-order valence-corrected chi connectivity index (χ2v) is 8.09. The molecule has 0 bridgehead atoms. The quantitative estimate of drug-likeness (QED) is 0.541. The highest BCUT2D eigenvalue weighted by Gasteiger charge is 2.22. The van der Waals surface area contributed by atoms with E-state index in [0.29, 0.717) is 12.3 Å². The molecule has 148 valence electrons. The summed E-state index contributed by atoms with van der Waals surface area (Å²) >= 11 is 0. The molecule has 1 aromatic heterocycles. The lowest BCUT2D eigenvalue weighted by Gasteiger charge is -2.18. The highest BCUT2D eigenvalue weighted by atomic mass is 16.1. The van der Waals surface area contributed by atoms with Crippen molar-refractivity contribution in [3.8, 4) is 0 Å². The van der Waals surface area contributed by atoms with E-state index in [1.54, 1.807) is 0 Å². The van der Waals surface area contributed by atoms with Crippen LogP contribution in [0.1, 0.15) is 56.2 Å². The van der Waals surface area contributed by atoms with Gasteiger partial charge in [-0.2, -0.15) is 0 Å². The maximum atomic E-state index is 12.8. The van der Waals surface area contributed by atoms with Crippen molar-refractivity contribution in [1.82, 2.24) is 9.88 Å². The molecule has 1 amide bonds. The molecule has 3 heteroatoms. The molecule has 28 heavy (non-hydrogen) atoms. The van der Waals surface area contributed by atoms with Gasteiger partial charge in [0.1, 0.15) is 0 Å². The minimum Gasteiger partial charge on any atom is -0.356 e. The normalized spacial score (nSPS) is 12.5. The van der Waals surface area contributed by atoms with Crippen molar-refractivity contribution in [2.75, 3.05) is 6.54 Å². The molecular formula is C25H32N2O. The molecule has 0 radical (unpaired) electrons. The third-order valence-corrected chi connectivity index (χ3v) is 5.41. The molecule has 0 fully saturated rings. The maximum Gasteiger partial charge on any atom is 0.220 e. The van der Waals surface area contributed by atoms with Gasteiger partial charge < -0.3 is 9.88 Å². The number of rotatable bonds is 8. The Bertz CT molecular complexity index is 939. The van der Waals surface area contributed by atoms with Crippen LogP contribution in [0.5, 0.6) is 0 Å². The second-order valence-electron chi connectivity index (χ2n) is 8.09. The first-order valence-corrected chi connectivity index (χ1v) is 10.4. The minimum atomic E-state index is 0.0525. The number of aryl methyl sites for hydroxylation is 2. The van der Waals surface area contributed by atoms with Gasteiger partial charge in [0.25, 0.3) is 0 Å². The zero-order chi connectivity index (χ0) is 20.1. The molecule has 0 aliphatic heterocycles. The molecule has 0 aliphatic rings. The lowest BCUT2D eigenvalue weighted by Crippen LogP contribution is -2.27. The zero-order valence-electron chi connectivity index (χ0n) is 17.5. The number of carbonyl (C=O) groups is 1. The van der Waals surface area contributed by atoms with Gasteiger partial charge in [-0.1, -0.05) is 61.9 Å². The van der Waals surface area contributed by atoms with E-state index in [9.17, 15) is 4.79 Å². The number of amides is 1. The topological polar surface area (TPSA) is 34.0 Å². The van der Waals surface area contributed by atoms with Crippen molar-refractivity contribution >= 4 is 16.8 Å². The molecule has 3 aromatic rings. The second kappa shape index (κ2) is 9.09. The van der Waals surface area contributed by atoms with Crippen molar-refractivity contribution in [1.29, 1.82) is 0 Å². The number of hydrogen-bond acceptors (Lipinski definition) is 1. The lowest BCUT2D eigenvalue weighted by molar-refractivity contribution is -0.121. The fourth-order valence-corrected chi connectivity index (χ4v) is 3.87. The monoisotopic (exact) mass is 376 g/mol. The highest BCUT2D eigenvalue weighted by Crippen LogP contribution is 2.35. The number of fused-ring (bicyclic) bond motifs is 1. The smallest absolute Gasteiger partial charge is 0.220 e. The van der Waals surface area contributed by atoms with Gasteiger partial charge in [0, 0.05) is 42.5 Å². The van der Waals surface area contributed by atoms with Crippen molar-refractivity contribution in [2.24, 2.45) is 5.92 Å². The van der Waals surface area contributed by atoms with Crippen LogP contribution in [0.15, 0.2) is 54.7 Å². The number of hydrogen-bond donors (Lipinski definition) is 1. The lowest BCUT2D eigenvalue weighted by atomic mass is 9.87. The van der Waals surface area contributed by atoms with Gasteiger partial charge in [-0.15, -0.1) is 0 Å². The molecule has 1 unspecified atom stereocenters. The van der Waals surface area contributed by atoms with E-state index < -0.39 is 0 Å². The Morgan fingerprint density at radius 1 is 1.11 bits per heavy atom. The van der Waals surface area contributed by atoms with E-state index in [2.05, 4.69) is 92.3 Å². The van der Waals surface area contributed by atoms with Crippen LogP contribution in [0.4, 0.5) is 0 Å². The molecular weight excluding hydrogens is 344 g/mol. The van der Waals surface area contributed by atoms with E-state index >= 15 is 0 Å². The third-order valence-electron chi connectivity index (χ3n) is 5.41. The molecule has 1 heterocycles. The van der Waals surface area contributed by atoms with E-state index in [0.717, 1.165) is 19.5 Å².